The van der Waals surface area contributed by atoms with Crippen molar-refractivity contribution in [3.8, 4) is 0 Å². The predicted octanol–water partition coefficient (Wildman–Crippen LogP) is 6.75. The minimum Gasteiger partial charge on any atom is -0.464 e. The van der Waals surface area contributed by atoms with E-state index in [1.807, 2.05) is 6.07 Å². The van der Waals surface area contributed by atoms with Crippen molar-refractivity contribution in [1.82, 2.24) is 0 Å². The Balaban J connectivity index is 0.000000206. The summed E-state index contributed by atoms with van der Waals surface area (Å²) in [6.45, 7) is 6.67. The number of fused-ring (bicyclic) bond motifs is 1. The highest BCUT2D eigenvalue weighted by Gasteiger charge is 1.95. The molecule has 0 N–H and O–H groups in total. The van der Waals surface area contributed by atoms with Crippen molar-refractivity contribution in [2.24, 2.45) is 0 Å². The van der Waals surface area contributed by atoms with Crippen molar-refractivity contribution in [2.75, 3.05) is 0 Å². The van der Waals surface area contributed by atoms with E-state index in [4.69, 9.17) is 4.42 Å². The van der Waals surface area contributed by atoms with Gasteiger partial charge in [-0.1, -0.05) is 77.8 Å². The Labute approximate surface area is 124 Å². The molecule has 0 atom stereocenters. The van der Waals surface area contributed by atoms with Gasteiger partial charge in [0, 0.05) is 5.39 Å². The SMILES string of the molecule is CCCCCCCCC.CCc1ccc2ccoc2c1. The van der Waals surface area contributed by atoms with Crippen LogP contribution in [-0.4, -0.2) is 0 Å². The Hall–Kier alpha value is -1.24. The summed E-state index contributed by atoms with van der Waals surface area (Å²) in [6.07, 6.45) is 12.8. The predicted molar refractivity (Wildman–Crippen MR) is 89.3 cm³/mol. The van der Waals surface area contributed by atoms with Crippen molar-refractivity contribution >= 4 is 11.0 Å². The zero-order valence-corrected chi connectivity index (χ0v) is 13.5. The Morgan fingerprint density at radius 1 is 0.800 bits per heavy atom. The lowest BCUT2D eigenvalue weighted by Gasteiger charge is -1.96. The fraction of sp³-hybridized carbons (Fsp3) is 0.579. The van der Waals surface area contributed by atoms with Gasteiger partial charge in [-0.25, -0.2) is 0 Å². The van der Waals surface area contributed by atoms with Crippen LogP contribution in [0.4, 0.5) is 0 Å². The van der Waals surface area contributed by atoms with Gasteiger partial charge in [-0.3, -0.25) is 0 Å². The molecule has 20 heavy (non-hydrogen) atoms. The van der Waals surface area contributed by atoms with Crippen LogP contribution in [0.15, 0.2) is 34.9 Å². The van der Waals surface area contributed by atoms with Crippen LogP contribution in [0.1, 0.15) is 71.3 Å². The number of hydrogen-bond acceptors (Lipinski definition) is 1. The molecule has 1 aromatic carbocycles. The van der Waals surface area contributed by atoms with Crippen LogP contribution in [0.2, 0.25) is 0 Å². The van der Waals surface area contributed by atoms with Gasteiger partial charge in [0.1, 0.15) is 5.58 Å². The average Bonchev–Trinajstić information content (AvgIpc) is 2.95. The second-order valence-corrected chi connectivity index (χ2v) is 5.41. The zero-order chi connectivity index (χ0) is 14.6. The molecule has 0 aliphatic heterocycles. The molecule has 0 aliphatic rings. The standard InChI is InChI=1S/C10H10O.C9H20/c1-2-8-3-4-9-5-6-11-10(9)7-8;1-3-5-7-9-8-6-4-2/h3-7H,2H2,1H3;3-9H2,1-2H3. The summed E-state index contributed by atoms with van der Waals surface area (Å²) < 4.78 is 5.26. The molecule has 2 aromatic rings. The van der Waals surface area contributed by atoms with Gasteiger partial charge in [0.05, 0.1) is 6.26 Å². The van der Waals surface area contributed by atoms with Gasteiger partial charge in [-0.2, -0.15) is 0 Å². The van der Waals surface area contributed by atoms with E-state index >= 15 is 0 Å². The highest BCUT2D eigenvalue weighted by Crippen LogP contribution is 2.16. The van der Waals surface area contributed by atoms with Crippen LogP contribution in [0, 0.1) is 0 Å². The molecule has 1 heterocycles. The van der Waals surface area contributed by atoms with Gasteiger partial charge in [0.15, 0.2) is 0 Å². The van der Waals surface area contributed by atoms with Gasteiger partial charge >= 0.3 is 0 Å². The van der Waals surface area contributed by atoms with Gasteiger partial charge in [0.2, 0.25) is 0 Å². The Morgan fingerprint density at radius 3 is 2.05 bits per heavy atom. The molecule has 0 unspecified atom stereocenters. The molecule has 0 saturated heterocycles. The van der Waals surface area contributed by atoms with E-state index in [-0.39, 0.29) is 0 Å². The second kappa shape index (κ2) is 10.5. The average molecular weight is 274 g/mol. The summed E-state index contributed by atoms with van der Waals surface area (Å²) >= 11 is 0. The Bertz CT molecular complexity index is 449. The summed E-state index contributed by atoms with van der Waals surface area (Å²) in [5.41, 5.74) is 2.32. The lowest BCUT2D eigenvalue weighted by atomic mass is 10.1. The van der Waals surface area contributed by atoms with E-state index in [0.717, 1.165) is 12.0 Å². The summed E-state index contributed by atoms with van der Waals surface area (Å²) in [4.78, 5) is 0. The number of hydrogen-bond donors (Lipinski definition) is 0. The van der Waals surface area contributed by atoms with Crippen LogP contribution in [0.3, 0.4) is 0 Å². The lowest BCUT2D eigenvalue weighted by Crippen LogP contribution is -1.76. The van der Waals surface area contributed by atoms with Crippen LogP contribution in [0.25, 0.3) is 11.0 Å². The molecule has 0 spiro atoms. The molecule has 2 rings (SSSR count). The number of aryl methyl sites for hydroxylation is 1. The van der Waals surface area contributed by atoms with Gasteiger partial charge < -0.3 is 4.42 Å². The highest BCUT2D eigenvalue weighted by molar-refractivity contribution is 5.77. The summed E-state index contributed by atoms with van der Waals surface area (Å²) in [7, 11) is 0. The smallest absolute Gasteiger partial charge is 0.134 e. The number of unbranched alkanes of at least 4 members (excludes halogenated alkanes) is 6. The quantitative estimate of drug-likeness (QED) is 0.509. The first-order valence-corrected chi connectivity index (χ1v) is 8.27. The molecule has 0 fully saturated rings. The van der Waals surface area contributed by atoms with E-state index < -0.39 is 0 Å². The fourth-order valence-corrected chi connectivity index (χ4v) is 2.25. The van der Waals surface area contributed by atoms with Crippen LogP contribution in [0.5, 0.6) is 0 Å². The molecule has 0 radical (unpaired) electrons. The number of benzene rings is 1. The summed E-state index contributed by atoms with van der Waals surface area (Å²) in [5.74, 6) is 0. The lowest BCUT2D eigenvalue weighted by molar-refractivity contribution is 0.602. The minimum absolute atomic E-state index is 0.990. The fourth-order valence-electron chi connectivity index (χ4n) is 2.25. The third-order valence-corrected chi connectivity index (χ3v) is 3.64. The van der Waals surface area contributed by atoms with E-state index in [9.17, 15) is 0 Å². The monoisotopic (exact) mass is 274 g/mol. The topological polar surface area (TPSA) is 13.1 Å². The molecule has 0 bridgehead atoms. The molecular formula is C19H30O. The van der Waals surface area contributed by atoms with E-state index in [1.165, 1.54) is 55.9 Å². The van der Waals surface area contributed by atoms with Gasteiger partial charge in [0.25, 0.3) is 0 Å². The molecule has 0 saturated carbocycles. The number of furan rings is 1. The normalized spacial score (nSPS) is 10.3. The van der Waals surface area contributed by atoms with Crippen molar-refractivity contribution < 1.29 is 4.42 Å². The third kappa shape index (κ3) is 6.27. The summed E-state index contributed by atoms with van der Waals surface area (Å²) in [6, 6.07) is 8.31. The van der Waals surface area contributed by atoms with E-state index in [1.54, 1.807) is 6.26 Å². The maximum Gasteiger partial charge on any atom is 0.134 e. The molecule has 0 aliphatic carbocycles. The third-order valence-electron chi connectivity index (χ3n) is 3.64. The van der Waals surface area contributed by atoms with Crippen LogP contribution in [-0.2, 0) is 6.42 Å². The zero-order valence-electron chi connectivity index (χ0n) is 13.5. The van der Waals surface area contributed by atoms with Crippen molar-refractivity contribution in [3.63, 3.8) is 0 Å². The van der Waals surface area contributed by atoms with E-state index in [0.29, 0.717) is 0 Å². The molecule has 112 valence electrons. The molecule has 1 heteroatoms. The molecule has 0 amide bonds. The highest BCUT2D eigenvalue weighted by atomic mass is 16.3. The van der Waals surface area contributed by atoms with Crippen molar-refractivity contribution in [2.45, 2.75) is 72.1 Å². The van der Waals surface area contributed by atoms with Crippen molar-refractivity contribution in [3.05, 3.63) is 36.1 Å². The second-order valence-electron chi connectivity index (χ2n) is 5.41. The Kier molecular flexibility index (Phi) is 8.86. The van der Waals surface area contributed by atoms with E-state index in [2.05, 4.69) is 39.0 Å². The number of rotatable bonds is 7. The van der Waals surface area contributed by atoms with Crippen LogP contribution >= 0.6 is 0 Å². The first-order valence-electron chi connectivity index (χ1n) is 8.27. The largest absolute Gasteiger partial charge is 0.464 e. The maximum absolute atomic E-state index is 5.26. The van der Waals surface area contributed by atoms with Gasteiger partial charge in [-0.05, 0) is 24.1 Å². The molecule has 1 nitrogen and oxygen atoms in total. The van der Waals surface area contributed by atoms with Crippen LogP contribution < -0.4 is 0 Å². The van der Waals surface area contributed by atoms with Gasteiger partial charge in [-0.15, -0.1) is 0 Å². The first-order chi connectivity index (χ1) is 9.81. The maximum atomic E-state index is 5.26. The molecular weight excluding hydrogens is 244 g/mol. The van der Waals surface area contributed by atoms with Crippen molar-refractivity contribution in [1.29, 1.82) is 0 Å². The first kappa shape index (κ1) is 16.8. The summed E-state index contributed by atoms with van der Waals surface area (Å²) in [5, 5.41) is 1.18. The minimum atomic E-state index is 0.990. The Morgan fingerprint density at radius 2 is 1.45 bits per heavy atom. The molecule has 1 aromatic heterocycles.